The van der Waals surface area contributed by atoms with E-state index < -0.39 is 12.2 Å². The molecule has 1 aromatic carbocycles. The van der Waals surface area contributed by atoms with Crippen LogP contribution >= 0.6 is 0 Å². The highest BCUT2D eigenvalue weighted by Gasteiger charge is 2.46. The van der Waals surface area contributed by atoms with E-state index in [0.29, 0.717) is 35.5 Å². The topological polar surface area (TPSA) is 67.3 Å². The molecule has 0 radical (unpaired) electrons. The molecule has 1 fully saturated rings. The molecule has 2 aromatic heterocycles. The zero-order valence-electron chi connectivity index (χ0n) is 21.9. The molecule has 6 nitrogen and oxygen atoms in total. The molecule has 37 heavy (non-hydrogen) atoms. The summed E-state index contributed by atoms with van der Waals surface area (Å²) in [5, 5.41) is 0.780. The summed E-state index contributed by atoms with van der Waals surface area (Å²) in [5.41, 5.74) is 2.95. The largest absolute Gasteiger partial charge is 0.496 e. The molecule has 1 saturated heterocycles. The highest BCUT2D eigenvalue weighted by atomic mass is 19.4. The summed E-state index contributed by atoms with van der Waals surface area (Å²) in [6, 6.07) is 7.57. The van der Waals surface area contributed by atoms with Crippen molar-refractivity contribution in [2.45, 2.75) is 64.7 Å². The fourth-order valence-electron chi connectivity index (χ4n) is 5.88. The molecule has 1 aliphatic heterocycles. The Morgan fingerprint density at radius 3 is 2.62 bits per heavy atom. The van der Waals surface area contributed by atoms with E-state index in [2.05, 4.69) is 4.98 Å². The van der Waals surface area contributed by atoms with Gasteiger partial charge in [-0.1, -0.05) is 18.2 Å². The monoisotopic (exact) mass is 517 g/mol. The molecule has 9 heteroatoms. The number of aromatic nitrogens is 2. The van der Waals surface area contributed by atoms with Gasteiger partial charge in [0.05, 0.1) is 12.7 Å². The van der Waals surface area contributed by atoms with Crippen LogP contribution in [0.1, 0.15) is 59.5 Å². The molecule has 0 amide bonds. The minimum absolute atomic E-state index is 0.0202. The number of hydrogen-bond donors (Lipinski definition) is 1. The van der Waals surface area contributed by atoms with Crippen molar-refractivity contribution >= 4 is 16.7 Å². The molecule has 0 unspecified atom stereocenters. The first-order valence-electron chi connectivity index (χ1n) is 12.6. The SMILES string of the molecule is COc1cc(C)[nH]c(=O)c1CCC(=O)c1c(C)n([C@@H](C)[C@H]2CCN(C)[C@@H](C(F)(F)F)C2)c2ccccc12. The number of aromatic amines is 1. The van der Waals surface area contributed by atoms with Gasteiger partial charge < -0.3 is 14.3 Å². The van der Waals surface area contributed by atoms with E-state index >= 15 is 0 Å². The number of aryl methyl sites for hydroxylation is 1. The van der Waals surface area contributed by atoms with Gasteiger partial charge in [0.25, 0.3) is 5.56 Å². The van der Waals surface area contributed by atoms with Crippen LogP contribution in [0.25, 0.3) is 10.9 Å². The minimum atomic E-state index is -4.28. The van der Waals surface area contributed by atoms with E-state index in [-0.39, 0.29) is 42.6 Å². The Kier molecular flexibility index (Phi) is 7.55. The number of rotatable bonds is 7. The van der Waals surface area contributed by atoms with E-state index in [1.54, 1.807) is 13.0 Å². The molecule has 4 rings (SSSR count). The molecule has 3 heterocycles. The number of Topliss-reactive ketones (excluding diaryl/α,β-unsaturated/α-hetero) is 1. The lowest BCUT2D eigenvalue weighted by Crippen LogP contribution is -2.49. The van der Waals surface area contributed by atoms with Crippen molar-refractivity contribution in [2.24, 2.45) is 5.92 Å². The Bertz CT molecular complexity index is 1360. The summed E-state index contributed by atoms with van der Waals surface area (Å²) in [5.74, 6) is 0.150. The first kappa shape index (κ1) is 27.0. The van der Waals surface area contributed by atoms with Crippen LogP contribution in [0.5, 0.6) is 5.75 Å². The number of carbonyl (C=O) groups is 1. The third kappa shape index (κ3) is 5.19. The number of halogens is 3. The number of pyridine rings is 1. The van der Waals surface area contributed by atoms with Crippen LogP contribution in [-0.4, -0.2) is 53.2 Å². The first-order chi connectivity index (χ1) is 17.4. The van der Waals surface area contributed by atoms with Crippen LogP contribution in [0.2, 0.25) is 0 Å². The number of para-hydroxylation sites is 1. The Morgan fingerprint density at radius 1 is 1.24 bits per heavy atom. The molecule has 1 aliphatic rings. The van der Waals surface area contributed by atoms with Gasteiger partial charge >= 0.3 is 6.18 Å². The number of ether oxygens (including phenoxy) is 1. The van der Waals surface area contributed by atoms with Crippen LogP contribution < -0.4 is 10.3 Å². The first-order valence-corrected chi connectivity index (χ1v) is 12.6. The Balaban J connectivity index is 1.66. The van der Waals surface area contributed by atoms with Crippen LogP contribution in [-0.2, 0) is 6.42 Å². The Labute approximate surface area is 214 Å². The van der Waals surface area contributed by atoms with Crippen molar-refractivity contribution in [2.75, 3.05) is 20.7 Å². The van der Waals surface area contributed by atoms with Crippen molar-refractivity contribution in [1.82, 2.24) is 14.5 Å². The number of H-pyrrole nitrogens is 1. The van der Waals surface area contributed by atoms with Crippen LogP contribution in [0.15, 0.2) is 35.1 Å². The number of alkyl halides is 3. The van der Waals surface area contributed by atoms with Gasteiger partial charge in [-0.2, -0.15) is 13.2 Å². The van der Waals surface area contributed by atoms with Crippen LogP contribution in [0.3, 0.4) is 0 Å². The van der Waals surface area contributed by atoms with Gasteiger partial charge in [0.2, 0.25) is 0 Å². The molecule has 0 spiro atoms. The fraction of sp³-hybridized carbons (Fsp3) is 0.500. The fourth-order valence-corrected chi connectivity index (χ4v) is 5.88. The van der Waals surface area contributed by atoms with Gasteiger partial charge in [-0.3, -0.25) is 14.5 Å². The molecular weight excluding hydrogens is 483 g/mol. The number of methoxy groups -OCH3 is 1. The predicted molar refractivity (Wildman–Crippen MR) is 138 cm³/mol. The average molecular weight is 518 g/mol. The van der Waals surface area contributed by atoms with E-state index in [9.17, 15) is 22.8 Å². The number of likely N-dealkylation sites (tertiary alicyclic amines) is 1. The lowest BCUT2D eigenvalue weighted by Gasteiger charge is -2.40. The van der Waals surface area contributed by atoms with Gasteiger partial charge in [-0.25, -0.2) is 0 Å². The van der Waals surface area contributed by atoms with E-state index in [4.69, 9.17) is 4.74 Å². The predicted octanol–water partition coefficient (Wildman–Crippen LogP) is 5.60. The summed E-state index contributed by atoms with van der Waals surface area (Å²) in [6.45, 7) is 5.95. The molecule has 0 aliphatic carbocycles. The van der Waals surface area contributed by atoms with Crippen molar-refractivity contribution < 1.29 is 22.7 Å². The molecule has 0 saturated carbocycles. The van der Waals surface area contributed by atoms with E-state index in [0.717, 1.165) is 16.6 Å². The number of nitrogens with zero attached hydrogens (tertiary/aromatic N) is 2. The van der Waals surface area contributed by atoms with Crippen LogP contribution in [0.4, 0.5) is 13.2 Å². The third-order valence-corrected chi connectivity index (χ3v) is 7.86. The van der Waals surface area contributed by atoms with Crippen molar-refractivity contribution in [3.63, 3.8) is 0 Å². The van der Waals surface area contributed by atoms with Gasteiger partial charge in [0.15, 0.2) is 5.78 Å². The summed E-state index contributed by atoms with van der Waals surface area (Å²) in [7, 11) is 3.02. The number of fused-ring (bicyclic) bond motifs is 1. The van der Waals surface area contributed by atoms with Crippen molar-refractivity contribution in [3.05, 3.63) is 63.2 Å². The summed E-state index contributed by atoms with van der Waals surface area (Å²) in [6.07, 6.45) is -3.29. The zero-order chi connectivity index (χ0) is 27.1. The van der Waals surface area contributed by atoms with Gasteiger partial charge in [-0.05, 0) is 71.7 Å². The number of nitrogens with one attached hydrogen (secondary N) is 1. The Morgan fingerprint density at radius 2 is 1.95 bits per heavy atom. The van der Waals surface area contributed by atoms with Crippen molar-refractivity contribution in [1.29, 1.82) is 0 Å². The number of hydrogen-bond acceptors (Lipinski definition) is 4. The maximum atomic E-state index is 13.7. The second-order valence-electron chi connectivity index (χ2n) is 10.2. The molecule has 0 bridgehead atoms. The second-order valence-corrected chi connectivity index (χ2v) is 10.2. The maximum Gasteiger partial charge on any atom is 0.404 e. The quantitative estimate of drug-likeness (QED) is 0.414. The standard InChI is InChI=1S/C28H34F3N3O3/c1-16-14-24(37-5)21(27(36)32-16)10-11-23(35)26-18(3)34(22-9-7-6-8-20(22)26)17(2)19-12-13-33(4)25(15-19)28(29,30)31/h6-9,14,17,19,25H,10-13,15H2,1-5H3,(H,32,36)/t17-,19-,25+/m0/s1. The number of carbonyl (C=O) groups excluding carboxylic acids is 1. The highest BCUT2D eigenvalue weighted by molar-refractivity contribution is 6.09. The molecular formula is C28H34F3N3O3. The smallest absolute Gasteiger partial charge is 0.404 e. The summed E-state index contributed by atoms with van der Waals surface area (Å²) in [4.78, 5) is 30.2. The normalized spacial score (nSPS) is 19.8. The summed E-state index contributed by atoms with van der Waals surface area (Å²) >= 11 is 0. The number of ketones is 1. The van der Waals surface area contributed by atoms with Crippen molar-refractivity contribution in [3.8, 4) is 5.75 Å². The second kappa shape index (κ2) is 10.4. The number of benzene rings is 1. The number of piperidine rings is 1. The van der Waals surface area contributed by atoms with E-state index in [1.165, 1.54) is 19.1 Å². The Hall–Kier alpha value is -3.07. The maximum absolute atomic E-state index is 13.7. The molecule has 3 aromatic rings. The third-order valence-electron chi connectivity index (χ3n) is 7.86. The zero-order valence-corrected chi connectivity index (χ0v) is 21.9. The minimum Gasteiger partial charge on any atom is -0.496 e. The van der Waals surface area contributed by atoms with Gasteiger partial charge in [0, 0.05) is 40.3 Å². The van der Waals surface area contributed by atoms with E-state index in [1.807, 2.05) is 42.7 Å². The lowest BCUT2D eigenvalue weighted by molar-refractivity contribution is -0.192. The van der Waals surface area contributed by atoms with Gasteiger partial charge in [-0.15, -0.1) is 0 Å². The molecule has 200 valence electrons. The summed E-state index contributed by atoms with van der Waals surface area (Å²) < 4.78 is 48.4. The highest BCUT2D eigenvalue weighted by Crippen LogP contribution is 2.40. The molecule has 1 N–H and O–H groups in total. The molecule has 3 atom stereocenters. The lowest BCUT2D eigenvalue weighted by atomic mass is 9.85. The van der Waals surface area contributed by atoms with Gasteiger partial charge in [0.1, 0.15) is 11.8 Å². The average Bonchev–Trinajstić information content (AvgIpc) is 3.13. The van der Waals surface area contributed by atoms with Crippen LogP contribution in [0, 0.1) is 19.8 Å².